The number of carbonyl (C=O) groups excluding carboxylic acids is 1. The van der Waals surface area contributed by atoms with Gasteiger partial charge in [0.25, 0.3) is 6.47 Å². The van der Waals surface area contributed by atoms with Gasteiger partial charge in [0.15, 0.2) is 0 Å². The lowest BCUT2D eigenvalue weighted by Gasteiger charge is -2.30. The molecule has 2 aliphatic carbocycles. The lowest BCUT2D eigenvalue weighted by Crippen LogP contribution is -2.29. The van der Waals surface area contributed by atoms with Crippen molar-refractivity contribution in [1.29, 1.82) is 0 Å². The van der Waals surface area contributed by atoms with E-state index in [4.69, 9.17) is 4.74 Å². The predicted molar refractivity (Wildman–Crippen MR) is 45.5 cm³/mol. The molecule has 2 aliphatic rings. The zero-order chi connectivity index (χ0) is 8.72. The number of rotatable bonds is 2. The molecule has 2 nitrogen and oxygen atoms in total. The summed E-state index contributed by atoms with van der Waals surface area (Å²) in [5.41, 5.74) is 0. The van der Waals surface area contributed by atoms with Crippen molar-refractivity contribution in [2.24, 2.45) is 23.7 Å². The molecule has 12 heavy (non-hydrogen) atoms. The summed E-state index contributed by atoms with van der Waals surface area (Å²) < 4.78 is 5.07. The SMILES string of the molecule is CC1C2CC(OC=O)C(C2)C1C. The molecule has 0 aromatic heterocycles. The van der Waals surface area contributed by atoms with Gasteiger partial charge in [0.1, 0.15) is 6.10 Å². The van der Waals surface area contributed by atoms with Crippen molar-refractivity contribution in [3.63, 3.8) is 0 Å². The molecule has 5 atom stereocenters. The summed E-state index contributed by atoms with van der Waals surface area (Å²) >= 11 is 0. The molecule has 0 aliphatic heterocycles. The summed E-state index contributed by atoms with van der Waals surface area (Å²) in [5.74, 6) is 3.04. The molecule has 68 valence electrons. The van der Waals surface area contributed by atoms with Crippen LogP contribution >= 0.6 is 0 Å². The Bertz CT molecular complexity index is 188. The van der Waals surface area contributed by atoms with Crippen LogP contribution in [0, 0.1) is 23.7 Å². The van der Waals surface area contributed by atoms with Gasteiger partial charge in [0.05, 0.1) is 0 Å². The van der Waals surface area contributed by atoms with Crippen LogP contribution in [-0.2, 0) is 9.53 Å². The lowest BCUT2D eigenvalue weighted by molar-refractivity contribution is -0.137. The maximum Gasteiger partial charge on any atom is 0.293 e. The van der Waals surface area contributed by atoms with Crippen LogP contribution < -0.4 is 0 Å². The van der Waals surface area contributed by atoms with Crippen molar-refractivity contribution >= 4 is 6.47 Å². The van der Waals surface area contributed by atoms with E-state index in [1.807, 2.05) is 0 Å². The molecule has 0 radical (unpaired) electrons. The fourth-order valence-electron chi connectivity index (χ4n) is 3.10. The minimum absolute atomic E-state index is 0.235. The van der Waals surface area contributed by atoms with Crippen LogP contribution in [0.25, 0.3) is 0 Å². The molecule has 0 aromatic carbocycles. The number of carbonyl (C=O) groups is 1. The van der Waals surface area contributed by atoms with E-state index < -0.39 is 0 Å². The van der Waals surface area contributed by atoms with E-state index in [2.05, 4.69) is 13.8 Å². The maximum absolute atomic E-state index is 10.2. The highest BCUT2D eigenvalue weighted by Gasteiger charge is 2.49. The molecule has 2 fully saturated rings. The third-order valence-corrected chi connectivity index (χ3v) is 4.07. The minimum atomic E-state index is 0.235. The van der Waals surface area contributed by atoms with Crippen LogP contribution in [0.2, 0.25) is 0 Å². The Morgan fingerprint density at radius 2 is 2.00 bits per heavy atom. The topological polar surface area (TPSA) is 26.3 Å². The second kappa shape index (κ2) is 2.75. The molecule has 0 N–H and O–H groups in total. The molecule has 0 heterocycles. The molecule has 0 aromatic rings. The Morgan fingerprint density at radius 3 is 2.50 bits per heavy atom. The third-order valence-electron chi connectivity index (χ3n) is 4.07. The zero-order valence-electron chi connectivity index (χ0n) is 7.69. The first kappa shape index (κ1) is 8.09. The number of hydrogen-bond donors (Lipinski definition) is 0. The highest BCUT2D eigenvalue weighted by molar-refractivity contribution is 5.37. The van der Waals surface area contributed by atoms with Gasteiger partial charge >= 0.3 is 0 Å². The number of ether oxygens (including phenoxy) is 1. The largest absolute Gasteiger partial charge is 0.464 e. The first-order valence-corrected chi connectivity index (χ1v) is 4.83. The second-order valence-corrected chi connectivity index (χ2v) is 4.38. The molecule has 5 unspecified atom stereocenters. The van der Waals surface area contributed by atoms with Crippen molar-refractivity contribution in [3.8, 4) is 0 Å². The molecule has 2 saturated carbocycles. The number of fused-ring (bicyclic) bond motifs is 2. The van der Waals surface area contributed by atoms with E-state index in [9.17, 15) is 4.79 Å². The van der Waals surface area contributed by atoms with Crippen molar-refractivity contribution in [1.82, 2.24) is 0 Å². The standard InChI is InChI=1S/C10H16O2/c1-6-7(2)9-3-8(6)4-10(9)12-5-11/h5-10H,3-4H2,1-2H3. The van der Waals surface area contributed by atoms with Gasteiger partial charge in [0, 0.05) is 0 Å². The van der Waals surface area contributed by atoms with Gasteiger partial charge in [-0.25, -0.2) is 0 Å². The van der Waals surface area contributed by atoms with Crippen molar-refractivity contribution in [2.45, 2.75) is 32.8 Å². The lowest BCUT2D eigenvalue weighted by atomic mass is 9.80. The molecule has 0 spiro atoms. The van der Waals surface area contributed by atoms with Gasteiger partial charge in [-0.15, -0.1) is 0 Å². The van der Waals surface area contributed by atoms with Gasteiger partial charge in [-0.1, -0.05) is 13.8 Å². The first-order valence-electron chi connectivity index (χ1n) is 4.83. The average Bonchev–Trinajstić information content (AvgIpc) is 2.55. The average molecular weight is 168 g/mol. The monoisotopic (exact) mass is 168 g/mol. The van der Waals surface area contributed by atoms with E-state index in [1.54, 1.807) is 0 Å². The summed E-state index contributed by atoms with van der Waals surface area (Å²) in [6.45, 7) is 5.23. The smallest absolute Gasteiger partial charge is 0.293 e. The fourth-order valence-corrected chi connectivity index (χ4v) is 3.10. The highest BCUT2D eigenvalue weighted by atomic mass is 16.5. The van der Waals surface area contributed by atoms with Crippen LogP contribution in [0.5, 0.6) is 0 Å². The molecule has 0 amide bonds. The maximum atomic E-state index is 10.2. The van der Waals surface area contributed by atoms with Crippen LogP contribution in [-0.4, -0.2) is 12.6 Å². The number of hydrogen-bond acceptors (Lipinski definition) is 2. The van der Waals surface area contributed by atoms with Crippen LogP contribution in [0.4, 0.5) is 0 Å². The first-order chi connectivity index (χ1) is 5.74. The Morgan fingerprint density at radius 1 is 1.25 bits per heavy atom. The Labute approximate surface area is 73.3 Å². The van der Waals surface area contributed by atoms with Gasteiger partial charge in [-0.05, 0) is 36.5 Å². The quantitative estimate of drug-likeness (QED) is 0.588. The highest BCUT2D eigenvalue weighted by Crippen LogP contribution is 2.52. The summed E-state index contributed by atoms with van der Waals surface area (Å²) in [7, 11) is 0. The Kier molecular flexibility index (Phi) is 1.85. The van der Waals surface area contributed by atoms with E-state index in [-0.39, 0.29) is 6.10 Å². The third kappa shape index (κ3) is 0.970. The Hall–Kier alpha value is -0.530. The van der Waals surface area contributed by atoms with Crippen molar-refractivity contribution < 1.29 is 9.53 Å². The molecular weight excluding hydrogens is 152 g/mol. The molecular formula is C10H16O2. The van der Waals surface area contributed by atoms with Gasteiger partial charge in [-0.3, -0.25) is 4.79 Å². The fraction of sp³-hybridized carbons (Fsp3) is 0.900. The van der Waals surface area contributed by atoms with Gasteiger partial charge < -0.3 is 4.74 Å². The summed E-state index contributed by atoms with van der Waals surface area (Å²) in [5, 5.41) is 0. The molecule has 2 bridgehead atoms. The predicted octanol–water partition coefficient (Wildman–Crippen LogP) is 1.84. The van der Waals surface area contributed by atoms with Gasteiger partial charge in [-0.2, -0.15) is 0 Å². The van der Waals surface area contributed by atoms with Crippen LogP contribution in [0.3, 0.4) is 0 Å². The summed E-state index contributed by atoms with van der Waals surface area (Å²) in [6.07, 6.45) is 2.62. The van der Waals surface area contributed by atoms with Crippen molar-refractivity contribution in [2.75, 3.05) is 0 Å². The minimum Gasteiger partial charge on any atom is -0.464 e. The zero-order valence-corrected chi connectivity index (χ0v) is 7.69. The van der Waals surface area contributed by atoms with E-state index in [0.717, 1.165) is 24.2 Å². The Balaban J connectivity index is 2.05. The second-order valence-electron chi connectivity index (χ2n) is 4.38. The summed E-state index contributed by atoms with van der Waals surface area (Å²) in [4.78, 5) is 10.2. The molecule has 2 rings (SSSR count). The van der Waals surface area contributed by atoms with E-state index in [1.165, 1.54) is 6.42 Å². The summed E-state index contributed by atoms with van der Waals surface area (Å²) in [6, 6.07) is 0. The van der Waals surface area contributed by atoms with E-state index in [0.29, 0.717) is 12.4 Å². The molecule has 0 saturated heterocycles. The normalized spacial score (nSPS) is 51.0. The van der Waals surface area contributed by atoms with Crippen LogP contribution in [0.1, 0.15) is 26.7 Å². The molecule has 2 heteroatoms. The van der Waals surface area contributed by atoms with Crippen LogP contribution in [0.15, 0.2) is 0 Å². The van der Waals surface area contributed by atoms with Gasteiger partial charge in [0.2, 0.25) is 0 Å². The van der Waals surface area contributed by atoms with Crippen molar-refractivity contribution in [3.05, 3.63) is 0 Å². The van der Waals surface area contributed by atoms with E-state index >= 15 is 0 Å².